The highest BCUT2D eigenvalue weighted by atomic mass is 16.5. The van der Waals surface area contributed by atoms with Gasteiger partial charge in [0.25, 0.3) is 5.91 Å². The Morgan fingerprint density at radius 3 is 2.92 bits per heavy atom. The van der Waals surface area contributed by atoms with Crippen LogP contribution in [-0.2, 0) is 9.53 Å². The Bertz CT molecular complexity index is 657. The molecule has 6 nitrogen and oxygen atoms in total. The molecular formula is C19H25N3O3. The van der Waals surface area contributed by atoms with Crippen molar-refractivity contribution in [2.45, 2.75) is 31.8 Å². The van der Waals surface area contributed by atoms with Gasteiger partial charge in [-0.1, -0.05) is 6.92 Å². The number of amides is 2. The Morgan fingerprint density at radius 2 is 2.24 bits per heavy atom. The lowest BCUT2D eigenvalue weighted by Crippen LogP contribution is -2.66. The molecule has 2 saturated heterocycles. The van der Waals surface area contributed by atoms with Crippen molar-refractivity contribution in [3.8, 4) is 0 Å². The van der Waals surface area contributed by atoms with Gasteiger partial charge in [-0.15, -0.1) is 0 Å². The highest BCUT2D eigenvalue weighted by Gasteiger charge is 2.56. The first kappa shape index (κ1) is 16.5. The van der Waals surface area contributed by atoms with Crippen LogP contribution in [0.4, 0.5) is 0 Å². The summed E-state index contributed by atoms with van der Waals surface area (Å²) in [6.45, 7) is 4.95. The number of pyridine rings is 1. The van der Waals surface area contributed by atoms with E-state index >= 15 is 0 Å². The quantitative estimate of drug-likeness (QED) is 0.879. The van der Waals surface area contributed by atoms with Crippen molar-refractivity contribution in [2.75, 3.05) is 26.2 Å². The number of carbonyl (C=O) groups excluding carboxylic acids is 2. The summed E-state index contributed by atoms with van der Waals surface area (Å²) in [4.78, 5) is 30.3. The number of likely N-dealkylation sites (tertiary alicyclic amines) is 1. The van der Waals surface area contributed by atoms with E-state index in [4.69, 9.17) is 4.74 Å². The van der Waals surface area contributed by atoms with Crippen LogP contribution in [0.5, 0.6) is 0 Å². The summed E-state index contributed by atoms with van der Waals surface area (Å²) in [6, 6.07) is 3.52. The lowest BCUT2D eigenvalue weighted by Gasteiger charge is -2.50. The van der Waals surface area contributed by atoms with Crippen LogP contribution in [0.15, 0.2) is 24.5 Å². The summed E-state index contributed by atoms with van der Waals surface area (Å²) in [5.41, 5.74) is 0.408. The van der Waals surface area contributed by atoms with Crippen LogP contribution in [0, 0.1) is 17.8 Å². The lowest BCUT2D eigenvalue weighted by molar-refractivity contribution is -0.166. The second-order valence-electron chi connectivity index (χ2n) is 7.70. The monoisotopic (exact) mass is 343 g/mol. The second-order valence-corrected chi connectivity index (χ2v) is 7.70. The predicted octanol–water partition coefficient (Wildman–Crippen LogP) is 1.47. The number of hydrogen-bond donors (Lipinski definition) is 1. The fourth-order valence-electron chi connectivity index (χ4n) is 4.16. The zero-order valence-corrected chi connectivity index (χ0v) is 14.6. The SMILES string of the molecule is C[C@@H]1C[C@H]1C(=O)N1CC2(C1)OCC[C@@H]2CCNC(=O)c1cccnc1. The molecule has 2 aliphatic heterocycles. The molecule has 0 unspecified atom stereocenters. The minimum absolute atomic E-state index is 0.0887. The number of hydrogen-bond acceptors (Lipinski definition) is 4. The molecule has 2 amide bonds. The van der Waals surface area contributed by atoms with Crippen LogP contribution in [0.25, 0.3) is 0 Å². The van der Waals surface area contributed by atoms with Gasteiger partial charge in [0.15, 0.2) is 0 Å². The summed E-state index contributed by atoms with van der Waals surface area (Å²) < 4.78 is 6.02. The Hall–Kier alpha value is -1.95. The third-order valence-corrected chi connectivity index (χ3v) is 5.96. The molecule has 25 heavy (non-hydrogen) atoms. The molecule has 1 aromatic rings. The van der Waals surface area contributed by atoms with Crippen LogP contribution in [0.2, 0.25) is 0 Å². The first-order chi connectivity index (χ1) is 12.1. The average Bonchev–Trinajstić information content (AvgIpc) is 3.17. The average molecular weight is 343 g/mol. The molecule has 1 N–H and O–H groups in total. The maximum atomic E-state index is 12.3. The minimum atomic E-state index is -0.174. The van der Waals surface area contributed by atoms with E-state index < -0.39 is 0 Å². The molecule has 1 spiro atoms. The molecule has 1 saturated carbocycles. The van der Waals surface area contributed by atoms with Crippen LogP contribution in [-0.4, -0.2) is 53.5 Å². The Labute approximate surface area is 147 Å². The molecule has 0 bridgehead atoms. The first-order valence-electron chi connectivity index (χ1n) is 9.20. The molecule has 3 heterocycles. The molecule has 134 valence electrons. The highest BCUT2D eigenvalue weighted by molar-refractivity contribution is 5.93. The zero-order valence-electron chi connectivity index (χ0n) is 14.6. The maximum Gasteiger partial charge on any atom is 0.252 e. The van der Waals surface area contributed by atoms with Crippen molar-refractivity contribution in [1.29, 1.82) is 0 Å². The van der Waals surface area contributed by atoms with Crippen LogP contribution in [0.3, 0.4) is 0 Å². The normalized spacial score (nSPS) is 29.3. The molecule has 3 aliphatic rings. The van der Waals surface area contributed by atoms with Gasteiger partial charge in [-0.2, -0.15) is 0 Å². The summed E-state index contributed by atoms with van der Waals surface area (Å²) in [5, 5.41) is 2.96. The topological polar surface area (TPSA) is 71.5 Å². The van der Waals surface area contributed by atoms with Gasteiger partial charge in [-0.3, -0.25) is 14.6 Å². The van der Waals surface area contributed by atoms with Crippen LogP contribution < -0.4 is 5.32 Å². The Balaban J connectivity index is 1.25. The minimum Gasteiger partial charge on any atom is -0.371 e. The molecule has 0 aromatic carbocycles. The maximum absolute atomic E-state index is 12.3. The van der Waals surface area contributed by atoms with Gasteiger partial charge in [0.1, 0.15) is 5.60 Å². The van der Waals surface area contributed by atoms with E-state index in [2.05, 4.69) is 17.2 Å². The molecule has 1 aromatic heterocycles. The molecule has 0 radical (unpaired) electrons. The van der Waals surface area contributed by atoms with Crippen molar-refractivity contribution in [3.63, 3.8) is 0 Å². The number of carbonyl (C=O) groups is 2. The second kappa shape index (κ2) is 6.41. The van der Waals surface area contributed by atoms with E-state index in [0.29, 0.717) is 29.9 Å². The molecule has 4 rings (SSSR count). The van der Waals surface area contributed by atoms with Gasteiger partial charge in [0.2, 0.25) is 5.91 Å². The van der Waals surface area contributed by atoms with E-state index in [1.54, 1.807) is 24.5 Å². The lowest BCUT2D eigenvalue weighted by atomic mass is 9.78. The third kappa shape index (κ3) is 3.15. The fraction of sp³-hybridized carbons (Fsp3) is 0.632. The fourth-order valence-corrected chi connectivity index (χ4v) is 4.16. The van der Waals surface area contributed by atoms with Crippen molar-refractivity contribution in [1.82, 2.24) is 15.2 Å². The van der Waals surface area contributed by atoms with Gasteiger partial charge in [-0.05, 0) is 43.2 Å². The number of nitrogens with one attached hydrogen (secondary N) is 1. The van der Waals surface area contributed by atoms with Crippen molar-refractivity contribution in [3.05, 3.63) is 30.1 Å². The Kier molecular flexibility index (Phi) is 4.23. The summed E-state index contributed by atoms with van der Waals surface area (Å²) >= 11 is 0. The van der Waals surface area contributed by atoms with Gasteiger partial charge < -0.3 is 15.0 Å². The predicted molar refractivity (Wildman–Crippen MR) is 91.8 cm³/mol. The molecular weight excluding hydrogens is 318 g/mol. The molecule has 3 atom stereocenters. The Morgan fingerprint density at radius 1 is 1.44 bits per heavy atom. The van der Waals surface area contributed by atoms with E-state index in [0.717, 1.165) is 39.0 Å². The largest absolute Gasteiger partial charge is 0.371 e. The van der Waals surface area contributed by atoms with E-state index in [1.807, 2.05) is 4.90 Å². The summed E-state index contributed by atoms with van der Waals surface area (Å²) in [5.74, 6) is 1.41. The molecule has 1 aliphatic carbocycles. The standard InChI is InChI=1S/C19H25N3O3/c1-13-9-16(13)18(24)22-11-19(12-22)15(5-8-25-19)4-7-21-17(23)14-3-2-6-20-10-14/h2-3,6,10,13,15-16H,4-5,7-9,11-12H2,1H3,(H,21,23)/t13-,15+,16-/m1/s1. The van der Waals surface area contributed by atoms with E-state index in [1.165, 1.54) is 0 Å². The summed E-state index contributed by atoms with van der Waals surface area (Å²) in [6.07, 6.45) is 6.15. The van der Waals surface area contributed by atoms with Crippen LogP contribution in [0.1, 0.15) is 36.5 Å². The third-order valence-electron chi connectivity index (χ3n) is 5.96. The van der Waals surface area contributed by atoms with Crippen molar-refractivity contribution >= 4 is 11.8 Å². The highest BCUT2D eigenvalue weighted by Crippen LogP contribution is 2.45. The van der Waals surface area contributed by atoms with Gasteiger partial charge in [0.05, 0.1) is 18.7 Å². The number of nitrogens with zero attached hydrogens (tertiary/aromatic N) is 2. The van der Waals surface area contributed by atoms with Crippen molar-refractivity contribution < 1.29 is 14.3 Å². The number of ether oxygens (including phenoxy) is 1. The zero-order chi connectivity index (χ0) is 17.4. The van der Waals surface area contributed by atoms with Gasteiger partial charge in [0, 0.05) is 31.5 Å². The number of aromatic nitrogens is 1. The first-order valence-corrected chi connectivity index (χ1v) is 9.20. The number of rotatable bonds is 5. The molecule has 6 heteroatoms. The van der Waals surface area contributed by atoms with E-state index in [-0.39, 0.29) is 17.4 Å². The van der Waals surface area contributed by atoms with Crippen LogP contribution >= 0.6 is 0 Å². The summed E-state index contributed by atoms with van der Waals surface area (Å²) in [7, 11) is 0. The van der Waals surface area contributed by atoms with Gasteiger partial charge in [-0.25, -0.2) is 0 Å². The molecule has 3 fully saturated rings. The van der Waals surface area contributed by atoms with Crippen molar-refractivity contribution in [2.24, 2.45) is 17.8 Å². The smallest absolute Gasteiger partial charge is 0.252 e. The van der Waals surface area contributed by atoms with Gasteiger partial charge >= 0.3 is 0 Å². The van der Waals surface area contributed by atoms with E-state index in [9.17, 15) is 9.59 Å².